The Labute approximate surface area is 121 Å². The third-order valence-electron chi connectivity index (χ3n) is 2.87. The molecule has 104 valence electrons. The molecule has 1 aromatic carbocycles. The molecule has 0 saturated heterocycles. The summed E-state index contributed by atoms with van der Waals surface area (Å²) in [6.45, 7) is 0. The van der Waals surface area contributed by atoms with Crippen LogP contribution in [0.2, 0.25) is 0 Å². The fourth-order valence-electron chi connectivity index (χ4n) is 1.86. The minimum absolute atomic E-state index is 0.211. The maximum atomic E-state index is 11.8. The molecule has 3 rings (SSSR count). The van der Waals surface area contributed by atoms with Crippen LogP contribution >= 0.6 is 0 Å². The van der Waals surface area contributed by atoms with E-state index in [1.54, 1.807) is 36.9 Å². The third-order valence-corrected chi connectivity index (χ3v) is 2.87. The van der Waals surface area contributed by atoms with Crippen molar-refractivity contribution >= 4 is 17.7 Å². The van der Waals surface area contributed by atoms with Crippen molar-refractivity contribution in [3.05, 3.63) is 66.9 Å². The van der Waals surface area contributed by atoms with Gasteiger partial charge in [0.2, 0.25) is 5.91 Å². The Morgan fingerprint density at radius 2 is 2.10 bits per heavy atom. The van der Waals surface area contributed by atoms with Gasteiger partial charge in [-0.25, -0.2) is 4.98 Å². The monoisotopic (exact) mass is 279 g/mol. The summed E-state index contributed by atoms with van der Waals surface area (Å²) in [4.78, 5) is 19.0. The van der Waals surface area contributed by atoms with Crippen LogP contribution in [0.15, 0.2) is 65.5 Å². The Kier molecular flexibility index (Phi) is 3.64. The number of imidazole rings is 1. The van der Waals surface area contributed by atoms with E-state index in [4.69, 9.17) is 4.42 Å². The second kappa shape index (κ2) is 5.92. The van der Waals surface area contributed by atoms with E-state index < -0.39 is 0 Å². The number of amides is 1. The van der Waals surface area contributed by atoms with Gasteiger partial charge in [0.15, 0.2) is 0 Å². The third kappa shape index (κ3) is 3.27. The molecule has 2 aromatic heterocycles. The lowest BCUT2D eigenvalue weighted by Crippen LogP contribution is -2.07. The van der Waals surface area contributed by atoms with Crippen molar-refractivity contribution in [2.24, 2.45) is 0 Å². The van der Waals surface area contributed by atoms with Crippen molar-refractivity contribution in [1.29, 1.82) is 0 Å². The second-order valence-corrected chi connectivity index (χ2v) is 4.35. The maximum Gasteiger partial charge on any atom is 0.248 e. The first kappa shape index (κ1) is 12.9. The number of carbonyl (C=O) groups is 1. The highest BCUT2D eigenvalue weighted by Crippen LogP contribution is 2.17. The zero-order valence-electron chi connectivity index (χ0n) is 11.1. The number of benzene rings is 1. The van der Waals surface area contributed by atoms with Gasteiger partial charge in [-0.15, -0.1) is 0 Å². The van der Waals surface area contributed by atoms with Crippen LogP contribution in [0.1, 0.15) is 5.76 Å². The van der Waals surface area contributed by atoms with E-state index >= 15 is 0 Å². The normalized spacial score (nSPS) is 10.9. The molecule has 0 aliphatic rings. The van der Waals surface area contributed by atoms with Crippen LogP contribution in [-0.4, -0.2) is 15.9 Å². The summed E-state index contributed by atoms with van der Waals surface area (Å²) in [5, 5.41) is 2.78. The van der Waals surface area contributed by atoms with Crippen LogP contribution in [0.5, 0.6) is 0 Å². The summed E-state index contributed by atoms with van der Waals surface area (Å²) in [6.07, 6.45) is 8.08. The average Bonchev–Trinajstić information content (AvgIpc) is 3.19. The van der Waals surface area contributed by atoms with E-state index in [9.17, 15) is 4.79 Å². The van der Waals surface area contributed by atoms with Crippen molar-refractivity contribution in [2.45, 2.75) is 0 Å². The number of H-pyrrole nitrogens is 1. The first-order valence-electron chi connectivity index (χ1n) is 6.44. The number of aromatic amines is 1. The zero-order chi connectivity index (χ0) is 14.5. The standard InChI is InChI=1S/C16H13N3O2/c20-15(8-7-14-2-1-11-21-14)19-13-5-3-12(4-6-13)16-17-9-10-18-16/h1-11H,(H,17,18)(H,19,20)/b8-7+. The van der Waals surface area contributed by atoms with Crippen molar-refractivity contribution in [3.63, 3.8) is 0 Å². The van der Waals surface area contributed by atoms with Gasteiger partial charge in [-0.1, -0.05) is 0 Å². The molecule has 5 nitrogen and oxygen atoms in total. The molecule has 2 heterocycles. The molecule has 5 heteroatoms. The summed E-state index contributed by atoms with van der Waals surface area (Å²) in [7, 11) is 0. The van der Waals surface area contributed by atoms with Gasteiger partial charge in [-0.3, -0.25) is 4.79 Å². The van der Waals surface area contributed by atoms with E-state index in [2.05, 4.69) is 15.3 Å². The molecule has 0 bridgehead atoms. The summed E-state index contributed by atoms with van der Waals surface area (Å²) in [5.74, 6) is 1.22. The van der Waals surface area contributed by atoms with Gasteiger partial charge in [0, 0.05) is 29.7 Å². The fourth-order valence-corrected chi connectivity index (χ4v) is 1.86. The molecule has 0 fully saturated rings. The highest BCUT2D eigenvalue weighted by Gasteiger charge is 2.01. The largest absolute Gasteiger partial charge is 0.465 e. The SMILES string of the molecule is O=C(/C=C/c1ccco1)Nc1ccc(-c2ncc[nH]2)cc1. The minimum Gasteiger partial charge on any atom is -0.465 e. The van der Waals surface area contributed by atoms with Gasteiger partial charge in [-0.2, -0.15) is 0 Å². The fraction of sp³-hybridized carbons (Fsp3) is 0. The Bertz CT molecular complexity index is 726. The van der Waals surface area contributed by atoms with Crippen molar-refractivity contribution in [2.75, 3.05) is 5.32 Å². The number of hydrogen-bond donors (Lipinski definition) is 2. The van der Waals surface area contributed by atoms with Gasteiger partial charge in [0.25, 0.3) is 0 Å². The summed E-state index contributed by atoms with van der Waals surface area (Å²) in [6, 6.07) is 11.0. The van der Waals surface area contributed by atoms with Crippen LogP contribution in [0.3, 0.4) is 0 Å². The smallest absolute Gasteiger partial charge is 0.248 e. The number of carbonyl (C=O) groups excluding carboxylic acids is 1. The molecule has 0 spiro atoms. The van der Waals surface area contributed by atoms with Gasteiger partial charge < -0.3 is 14.7 Å². The predicted molar refractivity (Wildman–Crippen MR) is 80.4 cm³/mol. The maximum absolute atomic E-state index is 11.8. The minimum atomic E-state index is -0.211. The van der Waals surface area contributed by atoms with Crippen molar-refractivity contribution in [3.8, 4) is 11.4 Å². The van der Waals surface area contributed by atoms with Crippen LogP contribution in [0.4, 0.5) is 5.69 Å². The molecule has 0 saturated carbocycles. The van der Waals surface area contributed by atoms with Crippen molar-refractivity contribution in [1.82, 2.24) is 9.97 Å². The first-order chi connectivity index (χ1) is 10.3. The van der Waals surface area contributed by atoms with E-state index in [1.165, 1.54) is 6.08 Å². The molecule has 0 unspecified atom stereocenters. The van der Waals surface area contributed by atoms with Gasteiger partial charge >= 0.3 is 0 Å². The predicted octanol–water partition coefficient (Wildman–Crippen LogP) is 3.32. The molecule has 0 aliphatic heterocycles. The highest BCUT2D eigenvalue weighted by atomic mass is 16.3. The van der Waals surface area contributed by atoms with E-state index in [-0.39, 0.29) is 5.91 Å². The number of furan rings is 1. The summed E-state index contributed by atoms with van der Waals surface area (Å²) < 4.78 is 5.11. The van der Waals surface area contributed by atoms with E-state index in [1.807, 2.05) is 24.3 Å². The quantitative estimate of drug-likeness (QED) is 0.720. The van der Waals surface area contributed by atoms with Crippen LogP contribution in [-0.2, 0) is 4.79 Å². The van der Waals surface area contributed by atoms with Crippen molar-refractivity contribution < 1.29 is 9.21 Å². The van der Waals surface area contributed by atoms with Crippen LogP contribution in [0.25, 0.3) is 17.5 Å². The number of hydrogen-bond acceptors (Lipinski definition) is 3. The average molecular weight is 279 g/mol. The number of nitrogens with one attached hydrogen (secondary N) is 2. The highest BCUT2D eigenvalue weighted by molar-refractivity contribution is 6.01. The van der Waals surface area contributed by atoms with E-state index in [0.29, 0.717) is 5.76 Å². The zero-order valence-corrected chi connectivity index (χ0v) is 11.1. The number of aromatic nitrogens is 2. The lowest BCUT2D eigenvalue weighted by Gasteiger charge is -2.03. The number of nitrogens with zero attached hydrogens (tertiary/aromatic N) is 1. The lowest BCUT2D eigenvalue weighted by molar-refractivity contribution is -0.111. The Morgan fingerprint density at radius 1 is 1.24 bits per heavy atom. The Hall–Kier alpha value is -3.08. The van der Waals surface area contributed by atoms with Gasteiger partial charge in [0.1, 0.15) is 11.6 Å². The molecule has 0 radical (unpaired) electrons. The second-order valence-electron chi connectivity index (χ2n) is 4.35. The molecule has 0 aliphatic carbocycles. The molecular formula is C16H13N3O2. The molecule has 0 atom stereocenters. The molecule has 3 aromatic rings. The molecular weight excluding hydrogens is 266 g/mol. The Balaban J connectivity index is 1.64. The number of anilines is 1. The Morgan fingerprint density at radius 3 is 2.76 bits per heavy atom. The first-order valence-corrected chi connectivity index (χ1v) is 6.44. The van der Waals surface area contributed by atoms with Crippen LogP contribution < -0.4 is 5.32 Å². The van der Waals surface area contributed by atoms with Gasteiger partial charge in [-0.05, 0) is 42.5 Å². The molecule has 21 heavy (non-hydrogen) atoms. The van der Waals surface area contributed by atoms with Crippen LogP contribution in [0, 0.1) is 0 Å². The summed E-state index contributed by atoms with van der Waals surface area (Å²) >= 11 is 0. The summed E-state index contributed by atoms with van der Waals surface area (Å²) in [5.41, 5.74) is 1.68. The molecule has 1 amide bonds. The molecule has 2 N–H and O–H groups in total. The topological polar surface area (TPSA) is 70.9 Å². The van der Waals surface area contributed by atoms with Gasteiger partial charge in [0.05, 0.1) is 6.26 Å². The lowest BCUT2D eigenvalue weighted by atomic mass is 10.2. The van der Waals surface area contributed by atoms with E-state index in [0.717, 1.165) is 17.1 Å². The number of rotatable bonds is 4.